The maximum atomic E-state index is 12.6. The second kappa shape index (κ2) is 6.66. The number of fused-ring (bicyclic) bond motifs is 1. The zero-order chi connectivity index (χ0) is 17.3. The van der Waals surface area contributed by atoms with Crippen LogP contribution in [-0.2, 0) is 27.8 Å². The monoisotopic (exact) mass is 364 g/mol. The van der Waals surface area contributed by atoms with Crippen LogP contribution in [0.3, 0.4) is 0 Å². The molecule has 7 heteroatoms. The first kappa shape index (κ1) is 17.1. The molecule has 2 aromatic rings. The van der Waals surface area contributed by atoms with E-state index in [2.05, 4.69) is 10.8 Å². The van der Waals surface area contributed by atoms with Crippen molar-refractivity contribution in [3.63, 3.8) is 0 Å². The Morgan fingerprint density at radius 1 is 1.21 bits per heavy atom. The third-order valence-corrected chi connectivity index (χ3v) is 7.16. The van der Waals surface area contributed by atoms with Gasteiger partial charge in [-0.3, -0.25) is 4.79 Å². The van der Waals surface area contributed by atoms with Crippen LogP contribution in [0.15, 0.2) is 40.6 Å². The topological polar surface area (TPSA) is 66.5 Å². The number of thiophene rings is 1. The Kier molecular flexibility index (Phi) is 4.76. The van der Waals surface area contributed by atoms with Gasteiger partial charge in [0.25, 0.3) is 10.0 Å². The van der Waals surface area contributed by atoms with Gasteiger partial charge in [-0.05, 0) is 43.5 Å². The summed E-state index contributed by atoms with van der Waals surface area (Å²) in [6, 6.07) is 10.6. The molecule has 0 unspecified atom stereocenters. The number of carbonyl (C=O) groups excluding carboxylic acids is 1. The molecule has 0 saturated heterocycles. The normalized spacial score (nSPS) is 15.8. The summed E-state index contributed by atoms with van der Waals surface area (Å²) in [5.41, 5.74) is 2.38. The van der Waals surface area contributed by atoms with Gasteiger partial charge in [0.2, 0.25) is 5.91 Å². The van der Waals surface area contributed by atoms with Crippen LogP contribution in [-0.4, -0.2) is 31.8 Å². The minimum absolute atomic E-state index is 0.193. The summed E-state index contributed by atoms with van der Waals surface area (Å²) in [6.45, 7) is 4.59. The van der Waals surface area contributed by atoms with E-state index in [-0.39, 0.29) is 10.1 Å². The third-order valence-electron chi connectivity index (χ3n) is 4.13. The predicted molar refractivity (Wildman–Crippen MR) is 94.4 cm³/mol. The van der Waals surface area contributed by atoms with Crippen molar-refractivity contribution in [3.8, 4) is 0 Å². The molecule has 2 heterocycles. The van der Waals surface area contributed by atoms with Crippen LogP contribution in [0.2, 0.25) is 0 Å². The maximum Gasteiger partial charge on any atom is 0.250 e. The molecule has 1 aromatic carbocycles. The number of nitrogens with zero attached hydrogens (tertiary/aromatic N) is 1. The van der Waals surface area contributed by atoms with E-state index in [9.17, 15) is 13.2 Å². The highest BCUT2D eigenvalue weighted by atomic mass is 32.2. The molecular formula is C17H20N2O3S2. The van der Waals surface area contributed by atoms with Crippen LogP contribution in [0.5, 0.6) is 0 Å². The van der Waals surface area contributed by atoms with Crippen LogP contribution < -0.4 is 4.72 Å². The predicted octanol–water partition coefficient (Wildman–Crippen LogP) is 2.31. The Balaban J connectivity index is 1.69. The van der Waals surface area contributed by atoms with E-state index in [1.807, 2.05) is 25.1 Å². The highest BCUT2D eigenvalue weighted by Gasteiger charge is 2.28. The van der Waals surface area contributed by atoms with Crippen LogP contribution >= 0.6 is 11.3 Å². The molecule has 0 aliphatic carbocycles. The fourth-order valence-corrected chi connectivity index (χ4v) is 5.35. The van der Waals surface area contributed by atoms with Gasteiger partial charge in [-0.15, -0.1) is 11.3 Å². The quantitative estimate of drug-likeness (QED) is 0.905. The van der Waals surface area contributed by atoms with E-state index in [4.69, 9.17) is 0 Å². The van der Waals surface area contributed by atoms with Gasteiger partial charge in [-0.1, -0.05) is 24.3 Å². The molecule has 0 radical (unpaired) electrons. The van der Waals surface area contributed by atoms with Gasteiger partial charge < -0.3 is 4.90 Å². The number of aryl methyl sites for hydroxylation is 1. The second-order valence-electron chi connectivity index (χ2n) is 5.99. The molecule has 1 N–H and O–H groups in total. The SMILES string of the molecule is Cc1ccc(S(=O)(=O)N[C@@H](C)C(=O)N2CCc3ccccc3C2)s1. The largest absolute Gasteiger partial charge is 0.337 e. The van der Waals surface area contributed by atoms with E-state index < -0.39 is 16.1 Å². The summed E-state index contributed by atoms with van der Waals surface area (Å²) in [5, 5.41) is 0. The summed E-state index contributed by atoms with van der Waals surface area (Å²) in [6.07, 6.45) is 0.797. The van der Waals surface area contributed by atoms with Crippen molar-refractivity contribution in [2.24, 2.45) is 0 Å². The van der Waals surface area contributed by atoms with Crippen molar-refractivity contribution in [1.29, 1.82) is 0 Å². The average molecular weight is 364 g/mol. The van der Waals surface area contributed by atoms with E-state index in [0.717, 1.165) is 16.9 Å². The number of hydrogen-bond donors (Lipinski definition) is 1. The van der Waals surface area contributed by atoms with Gasteiger partial charge in [0.1, 0.15) is 4.21 Å². The Hall–Kier alpha value is -1.70. The van der Waals surface area contributed by atoms with Crippen molar-refractivity contribution >= 4 is 27.3 Å². The fourth-order valence-electron chi connectivity index (χ4n) is 2.86. The molecule has 1 atom stereocenters. The molecule has 128 valence electrons. The lowest BCUT2D eigenvalue weighted by Crippen LogP contribution is -2.48. The molecule has 0 bridgehead atoms. The number of hydrogen-bond acceptors (Lipinski definition) is 4. The van der Waals surface area contributed by atoms with Crippen molar-refractivity contribution in [2.45, 2.75) is 37.1 Å². The summed E-state index contributed by atoms with van der Waals surface area (Å²) in [5.74, 6) is -0.193. The summed E-state index contributed by atoms with van der Waals surface area (Å²) < 4.78 is 27.5. The first-order chi connectivity index (χ1) is 11.4. The van der Waals surface area contributed by atoms with E-state index in [1.165, 1.54) is 16.9 Å². The molecule has 0 saturated carbocycles. The van der Waals surface area contributed by atoms with E-state index in [0.29, 0.717) is 13.1 Å². The number of carbonyl (C=O) groups is 1. The van der Waals surface area contributed by atoms with Crippen LogP contribution in [0.25, 0.3) is 0 Å². The average Bonchev–Trinajstić information content (AvgIpc) is 3.00. The molecule has 1 amide bonds. The fraction of sp³-hybridized carbons (Fsp3) is 0.353. The van der Waals surface area contributed by atoms with Crippen molar-refractivity contribution in [2.75, 3.05) is 6.54 Å². The van der Waals surface area contributed by atoms with Gasteiger partial charge in [0.15, 0.2) is 0 Å². The minimum atomic E-state index is -3.66. The highest BCUT2D eigenvalue weighted by molar-refractivity contribution is 7.91. The zero-order valence-corrected chi connectivity index (χ0v) is 15.3. The molecule has 1 aromatic heterocycles. The lowest BCUT2D eigenvalue weighted by molar-refractivity contribution is -0.133. The Morgan fingerprint density at radius 3 is 2.58 bits per heavy atom. The highest BCUT2D eigenvalue weighted by Crippen LogP contribution is 2.22. The number of rotatable bonds is 4. The summed E-state index contributed by atoms with van der Waals surface area (Å²) in [4.78, 5) is 15.3. The van der Waals surface area contributed by atoms with Gasteiger partial charge in [-0.2, -0.15) is 4.72 Å². The van der Waals surface area contributed by atoms with Crippen molar-refractivity contribution < 1.29 is 13.2 Å². The van der Waals surface area contributed by atoms with Crippen molar-refractivity contribution in [1.82, 2.24) is 9.62 Å². The smallest absolute Gasteiger partial charge is 0.250 e. The lowest BCUT2D eigenvalue weighted by Gasteiger charge is -2.31. The number of benzene rings is 1. The Morgan fingerprint density at radius 2 is 1.92 bits per heavy atom. The lowest BCUT2D eigenvalue weighted by atomic mass is 9.99. The van der Waals surface area contributed by atoms with Crippen LogP contribution in [0, 0.1) is 6.92 Å². The van der Waals surface area contributed by atoms with Crippen LogP contribution in [0.1, 0.15) is 22.9 Å². The Labute approximate surface area is 146 Å². The molecule has 1 aliphatic rings. The van der Waals surface area contributed by atoms with Gasteiger partial charge >= 0.3 is 0 Å². The Bertz CT molecular complexity index is 858. The summed E-state index contributed by atoms with van der Waals surface area (Å²) in [7, 11) is -3.66. The minimum Gasteiger partial charge on any atom is -0.337 e. The first-order valence-electron chi connectivity index (χ1n) is 7.81. The third kappa shape index (κ3) is 3.53. The number of amides is 1. The first-order valence-corrected chi connectivity index (χ1v) is 10.1. The standard InChI is InChI=1S/C17H20N2O3S2/c1-12-7-8-16(23-12)24(21,22)18-13(2)17(20)19-10-9-14-5-3-4-6-15(14)11-19/h3-8,13,18H,9-11H2,1-2H3/t13-/m0/s1. The molecule has 0 fully saturated rings. The number of nitrogens with one attached hydrogen (secondary N) is 1. The van der Waals surface area contributed by atoms with E-state index >= 15 is 0 Å². The molecular weight excluding hydrogens is 344 g/mol. The molecule has 24 heavy (non-hydrogen) atoms. The molecule has 0 spiro atoms. The maximum absolute atomic E-state index is 12.6. The summed E-state index contributed by atoms with van der Waals surface area (Å²) >= 11 is 1.20. The van der Waals surface area contributed by atoms with Gasteiger partial charge in [-0.25, -0.2) is 8.42 Å². The van der Waals surface area contributed by atoms with Gasteiger partial charge in [0.05, 0.1) is 6.04 Å². The van der Waals surface area contributed by atoms with Crippen LogP contribution in [0.4, 0.5) is 0 Å². The second-order valence-corrected chi connectivity index (χ2v) is 9.22. The van der Waals surface area contributed by atoms with Gasteiger partial charge in [0, 0.05) is 18.0 Å². The zero-order valence-electron chi connectivity index (χ0n) is 13.7. The van der Waals surface area contributed by atoms with Crippen molar-refractivity contribution in [3.05, 3.63) is 52.4 Å². The molecule has 1 aliphatic heterocycles. The van der Waals surface area contributed by atoms with E-state index in [1.54, 1.807) is 24.0 Å². The number of sulfonamides is 1. The molecule has 3 rings (SSSR count). The molecule has 5 nitrogen and oxygen atoms in total.